The summed E-state index contributed by atoms with van der Waals surface area (Å²) in [6.45, 7) is 5.17. The van der Waals surface area contributed by atoms with Crippen molar-refractivity contribution < 1.29 is 18.9 Å². The van der Waals surface area contributed by atoms with E-state index < -0.39 is 0 Å². The summed E-state index contributed by atoms with van der Waals surface area (Å²) in [7, 11) is 0. The molecular weight excluding hydrogens is 665 g/mol. The van der Waals surface area contributed by atoms with E-state index >= 15 is 0 Å². The number of ether oxygens (including phenoxy) is 4. The topological polar surface area (TPSA) is 54.7 Å². The Morgan fingerprint density at radius 1 is 0.558 bits per heavy atom. The van der Waals surface area contributed by atoms with Gasteiger partial charge in [-0.3, -0.25) is 0 Å². The van der Waals surface area contributed by atoms with Crippen molar-refractivity contribution in [1.29, 1.82) is 0 Å². The number of nitrogens with zero attached hydrogens (tertiary/aromatic N) is 2. The zero-order chi connectivity index (χ0) is 35.4. The van der Waals surface area contributed by atoms with Crippen molar-refractivity contribution in [2.24, 2.45) is 0 Å². The Kier molecular flexibility index (Phi) is 12.6. The molecule has 0 N–H and O–H groups in total. The van der Waals surface area contributed by atoms with E-state index in [1.54, 1.807) is 0 Å². The fourth-order valence-corrected chi connectivity index (χ4v) is 8.33. The van der Waals surface area contributed by atoms with Crippen LogP contribution < -0.4 is 0 Å². The van der Waals surface area contributed by atoms with Crippen LogP contribution in [0.25, 0.3) is 0 Å². The minimum Gasteiger partial charge on any atom is -0.376 e. The van der Waals surface area contributed by atoms with Gasteiger partial charge in [0.2, 0.25) is 0 Å². The molecule has 266 valence electrons. The summed E-state index contributed by atoms with van der Waals surface area (Å²) in [5.74, 6) is 0.991. The Morgan fingerprint density at radius 2 is 1.06 bits per heavy atom. The van der Waals surface area contributed by atoms with Crippen LogP contribution in [0.3, 0.4) is 0 Å². The van der Waals surface area contributed by atoms with Gasteiger partial charge in [0.25, 0.3) is 0 Å². The van der Waals surface area contributed by atoms with Gasteiger partial charge in [0.1, 0.15) is 24.1 Å². The van der Waals surface area contributed by atoms with Crippen molar-refractivity contribution in [3.63, 3.8) is 0 Å². The number of imidazole rings is 1. The van der Waals surface area contributed by atoms with E-state index in [0.29, 0.717) is 33.0 Å². The first kappa shape index (κ1) is 35.9. The second-order valence-electron chi connectivity index (χ2n) is 13.2. The molecule has 7 rings (SSSR count). The molecule has 5 aromatic carbocycles. The number of aryl methyl sites for hydroxylation is 1. The van der Waals surface area contributed by atoms with Gasteiger partial charge in [-0.1, -0.05) is 146 Å². The molecule has 0 bridgehead atoms. The highest BCUT2D eigenvalue weighted by atomic mass is 32.2. The van der Waals surface area contributed by atoms with Gasteiger partial charge in [0.15, 0.2) is 0 Å². The lowest BCUT2D eigenvalue weighted by Gasteiger charge is -2.46. The van der Waals surface area contributed by atoms with Crippen LogP contribution in [0.4, 0.5) is 0 Å². The Bertz CT molecular complexity index is 1920. The Hall–Kier alpha value is -4.50. The molecule has 0 radical (unpaired) electrons. The van der Waals surface area contributed by atoms with Crippen LogP contribution in [-0.2, 0) is 51.9 Å². The van der Waals surface area contributed by atoms with Gasteiger partial charge in [-0.25, -0.2) is 4.98 Å². The molecule has 1 aliphatic rings. The number of benzene rings is 5. The first-order chi connectivity index (χ1) is 25.7. The van der Waals surface area contributed by atoms with Gasteiger partial charge >= 0.3 is 0 Å². The molecule has 1 saturated heterocycles. The van der Waals surface area contributed by atoms with Crippen LogP contribution >= 0.6 is 11.8 Å². The molecule has 0 saturated carbocycles. The molecule has 0 amide bonds. The van der Waals surface area contributed by atoms with E-state index in [9.17, 15) is 0 Å². The van der Waals surface area contributed by atoms with Crippen LogP contribution in [0.15, 0.2) is 158 Å². The normalized spacial score (nSPS) is 20.1. The molecule has 0 aliphatic carbocycles. The van der Waals surface area contributed by atoms with E-state index in [1.807, 2.05) is 55.3 Å². The van der Waals surface area contributed by atoms with Gasteiger partial charge in [0, 0.05) is 18.9 Å². The van der Waals surface area contributed by atoms with Gasteiger partial charge in [0.05, 0.1) is 43.5 Å². The largest absolute Gasteiger partial charge is 0.376 e. The summed E-state index contributed by atoms with van der Waals surface area (Å²) in [6, 6.07) is 50.3. The fraction of sp³-hybridized carbons (Fsp3) is 0.267. The van der Waals surface area contributed by atoms with E-state index in [-0.39, 0.29) is 28.8 Å². The quantitative estimate of drug-likeness (QED) is 0.0998. The lowest BCUT2D eigenvalue weighted by Crippen LogP contribution is -2.54. The molecule has 6 nitrogen and oxygen atoms in total. The molecule has 6 aromatic rings. The number of hydrogen-bond acceptors (Lipinski definition) is 6. The monoisotopic (exact) mass is 710 g/mol. The number of thioether (sulfide) groups is 1. The standard InChI is InChI=1S/C45H46N2O4S/c1-34-46-25-26-47(34)28-39-23-14-24-40(27-39)45-44(51-32-38-21-12-5-13-22-38)43(50-31-37-19-10-4-11-20-37)42(49-30-36-17-8-3-9-18-36)41(52-45)33-48-29-35-15-6-2-7-16-35/h2-27,41-45H,28-33H2,1H3/t41-,42-,43+,44-,45+/m1/s1. The highest BCUT2D eigenvalue weighted by Gasteiger charge is 2.48. The third-order valence-corrected chi connectivity index (χ3v) is 11.0. The molecule has 7 heteroatoms. The number of rotatable bonds is 16. The predicted octanol–water partition coefficient (Wildman–Crippen LogP) is 9.37. The number of aromatic nitrogens is 2. The first-order valence-corrected chi connectivity index (χ1v) is 18.9. The fourth-order valence-electron chi connectivity index (χ4n) is 6.69. The van der Waals surface area contributed by atoms with Crippen molar-refractivity contribution in [1.82, 2.24) is 9.55 Å². The van der Waals surface area contributed by atoms with Crippen molar-refractivity contribution in [3.8, 4) is 0 Å². The lowest BCUT2D eigenvalue weighted by atomic mass is 9.95. The maximum atomic E-state index is 7.02. The second kappa shape index (κ2) is 18.3. The summed E-state index contributed by atoms with van der Waals surface area (Å²) >= 11 is 1.88. The molecule has 0 spiro atoms. The van der Waals surface area contributed by atoms with Gasteiger partial charge in [-0.15, -0.1) is 11.8 Å². The summed E-state index contributed by atoms with van der Waals surface area (Å²) < 4.78 is 29.7. The summed E-state index contributed by atoms with van der Waals surface area (Å²) in [5.41, 5.74) is 6.89. The average molecular weight is 711 g/mol. The van der Waals surface area contributed by atoms with Crippen LogP contribution in [-0.4, -0.2) is 39.7 Å². The van der Waals surface area contributed by atoms with E-state index in [1.165, 1.54) is 11.1 Å². The SMILES string of the molecule is Cc1nccn1Cc1cccc([C@@H]2S[C@H](COCc3ccccc3)[C@@H](OCc3ccccc3)[C@H](OCc3ccccc3)[C@H]2OCc2ccccc2)c1. The Labute approximate surface area is 311 Å². The summed E-state index contributed by atoms with van der Waals surface area (Å²) in [5, 5.41) is -0.0791. The van der Waals surface area contributed by atoms with Crippen LogP contribution in [0.2, 0.25) is 0 Å². The maximum Gasteiger partial charge on any atom is 0.113 e. The molecule has 1 aromatic heterocycles. The first-order valence-electron chi connectivity index (χ1n) is 18.0. The maximum absolute atomic E-state index is 7.02. The van der Waals surface area contributed by atoms with E-state index in [0.717, 1.165) is 34.6 Å². The Morgan fingerprint density at radius 3 is 1.60 bits per heavy atom. The smallest absolute Gasteiger partial charge is 0.113 e. The summed E-state index contributed by atoms with van der Waals surface area (Å²) in [4.78, 5) is 4.45. The molecule has 2 heterocycles. The second-order valence-corrected chi connectivity index (χ2v) is 14.6. The van der Waals surface area contributed by atoms with Gasteiger partial charge in [-0.05, 0) is 40.3 Å². The van der Waals surface area contributed by atoms with Crippen molar-refractivity contribution in [3.05, 3.63) is 197 Å². The van der Waals surface area contributed by atoms with Crippen LogP contribution in [0.1, 0.15) is 44.5 Å². The highest BCUT2D eigenvalue weighted by molar-refractivity contribution is 8.00. The van der Waals surface area contributed by atoms with Crippen molar-refractivity contribution in [2.45, 2.75) is 68.7 Å². The van der Waals surface area contributed by atoms with Crippen molar-refractivity contribution in [2.75, 3.05) is 6.61 Å². The molecule has 5 atom stereocenters. The Balaban J connectivity index is 1.24. The van der Waals surface area contributed by atoms with E-state index in [2.05, 4.69) is 131 Å². The third kappa shape index (κ3) is 9.68. The van der Waals surface area contributed by atoms with Crippen molar-refractivity contribution >= 4 is 11.8 Å². The van der Waals surface area contributed by atoms with Crippen LogP contribution in [0, 0.1) is 6.92 Å². The minimum atomic E-state index is -0.385. The van der Waals surface area contributed by atoms with Gasteiger partial charge in [-0.2, -0.15) is 0 Å². The highest BCUT2D eigenvalue weighted by Crippen LogP contribution is 2.47. The number of hydrogen-bond donors (Lipinski definition) is 0. The molecule has 1 aliphatic heterocycles. The third-order valence-electron chi connectivity index (χ3n) is 9.44. The summed E-state index contributed by atoms with van der Waals surface area (Å²) in [6.07, 6.45) is 2.88. The zero-order valence-electron chi connectivity index (χ0n) is 29.6. The molecule has 52 heavy (non-hydrogen) atoms. The lowest BCUT2D eigenvalue weighted by molar-refractivity contribution is -0.160. The zero-order valence-corrected chi connectivity index (χ0v) is 30.4. The van der Waals surface area contributed by atoms with Gasteiger partial charge < -0.3 is 23.5 Å². The van der Waals surface area contributed by atoms with Crippen LogP contribution in [0.5, 0.6) is 0 Å². The van der Waals surface area contributed by atoms with E-state index in [4.69, 9.17) is 18.9 Å². The molecule has 1 fully saturated rings. The molecular formula is C45H46N2O4S. The predicted molar refractivity (Wildman–Crippen MR) is 208 cm³/mol. The minimum absolute atomic E-state index is 0.0330. The molecule has 0 unspecified atom stereocenters. The average Bonchev–Trinajstić information content (AvgIpc) is 3.60.